The van der Waals surface area contributed by atoms with E-state index in [1.807, 2.05) is 27.7 Å². The second kappa shape index (κ2) is 5.71. The number of hydrogen-bond acceptors (Lipinski definition) is 4. The molecule has 1 aromatic heterocycles. The molecule has 134 valence electrons. The van der Waals surface area contributed by atoms with Crippen LogP contribution >= 0.6 is 0 Å². The van der Waals surface area contributed by atoms with Gasteiger partial charge in [0.2, 0.25) is 5.82 Å². The quantitative estimate of drug-likeness (QED) is 0.830. The van der Waals surface area contributed by atoms with Crippen LogP contribution < -0.4 is 10.8 Å². The minimum absolute atomic E-state index is 0.0674. The molecule has 0 spiro atoms. The predicted octanol–water partition coefficient (Wildman–Crippen LogP) is 2.78. The molecule has 0 saturated carbocycles. The lowest BCUT2D eigenvalue weighted by atomic mass is 9.78. The fourth-order valence-corrected chi connectivity index (χ4v) is 2.59. The van der Waals surface area contributed by atoms with Gasteiger partial charge in [0.15, 0.2) is 11.4 Å². The summed E-state index contributed by atoms with van der Waals surface area (Å²) >= 11 is 0. The van der Waals surface area contributed by atoms with Crippen molar-refractivity contribution in [2.75, 3.05) is 0 Å². The van der Waals surface area contributed by atoms with E-state index in [4.69, 9.17) is 18.8 Å². The molecule has 1 aliphatic rings. The fourth-order valence-electron chi connectivity index (χ4n) is 2.59. The summed E-state index contributed by atoms with van der Waals surface area (Å²) in [6.07, 6.45) is -1.25. The average molecular weight is 353 g/mol. The van der Waals surface area contributed by atoms with Crippen molar-refractivity contribution in [3.8, 4) is 0 Å². The van der Waals surface area contributed by atoms with E-state index in [0.717, 1.165) is 0 Å². The zero-order chi connectivity index (χ0) is 18.6. The molecule has 1 amide bonds. The first kappa shape index (κ1) is 17.7. The maximum atomic E-state index is 14.5. The fraction of sp³-hybridized carbons (Fsp3) is 0.438. The minimum Gasteiger partial charge on any atom is -0.465 e. The highest BCUT2D eigenvalue weighted by molar-refractivity contribution is 6.62. The van der Waals surface area contributed by atoms with E-state index in [0.29, 0.717) is 5.39 Å². The topological polar surface area (TPSA) is 80.9 Å². The third kappa shape index (κ3) is 2.98. The molecule has 1 fully saturated rings. The van der Waals surface area contributed by atoms with E-state index in [-0.39, 0.29) is 23.4 Å². The summed E-state index contributed by atoms with van der Waals surface area (Å²) in [5.74, 6) is -2.11. The molecule has 25 heavy (non-hydrogen) atoms. The highest BCUT2D eigenvalue weighted by Crippen LogP contribution is 2.37. The first-order chi connectivity index (χ1) is 11.5. The van der Waals surface area contributed by atoms with E-state index >= 15 is 0 Å². The third-order valence-electron chi connectivity index (χ3n) is 4.69. The minimum atomic E-state index is -1.25. The maximum Gasteiger partial charge on any atom is 0.497 e. The Balaban J connectivity index is 2.00. The summed E-state index contributed by atoms with van der Waals surface area (Å²) in [6.45, 7) is 7.10. The summed E-state index contributed by atoms with van der Waals surface area (Å²) < 4.78 is 45.6. The number of amides is 1. The van der Waals surface area contributed by atoms with Gasteiger partial charge >= 0.3 is 13.2 Å². The van der Waals surface area contributed by atoms with E-state index in [9.17, 15) is 13.6 Å². The van der Waals surface area contributed by atoms with Crippen molar-refractivity contribution in [3.05, 3.63) is 29.5 Å². The number of halogens is 2. The largest absolute Gasteiger partial charge is 0.497 e. The molecule has 0 unspecified atom stereocenters. The zero-order valence-electron chi connectivity index (χ0n) is 14.3. The lowest BCUT2D eigenvalue weighted by Gasteiger charge is -2.32. The summed E-state index contributed by atoms with van der Waals surface area (Å²) in [7, 11) is -1.06. The smallest absolute Gasteiger partial charge is 0.465 e. The number of carbonyl (C=O) groups is 1. The van der Waals surface area contributed by atoms with Crippen LogP contribution in [0.4, 0.5) is 13.6 Å². The van der Waals surface area contributed by atoms with Gasteiger partial charge in [-0.25, -0.2) is 9.18 Å². The van der Waals surface area contributed by atoms with Gasteiger partial charge in [0, 0.05) is 10.8 Å². The van der Waals surface area contributed by atoms with Crippen LogP contribution in [0.2, 0.25) is 0 Å². The van der Waals surface area contributed by atoms with Crippen molar-refractivity contribution in [1.82, 2.24) is 5.32 Å². The highest BCUT2D eigenvalue weighted by atomic mass is 19.2. The number of carboxylic acid groups (broad SMARTS) is 1. The molecular formula is C16H18BF2NO5. The van der Waals surface area contributed by atoms with E-state index < -0.39 is 36.0 Å². The molecular weight excluding hydrogens is 335 g/mol. The Morgan fingerprint density at radius 2 is 1.76 bits per heavy atom. The Morgan fingerprint density at radius 3 is 2.32 bits per heavy atom. The van der Waals surface area contributed by atoms with Gasteiger partial charge in [-0.1, -0.05) is 0 Å². The second-order valence-corrected chi connectivity index (χ2v) is 6.97. The zero-order valence-corrected chi connectivity index (χ0v) is 14.3. The van der Waals surface area contributed by atoms with Crippen LogP contribution in [0.5, 0.6) is 0 Å². The number of furan rings is 1. The van der Waals surface area contributed by atoms with Gasteiger partial charge in [0.25, 0.3) is 0 Å². The van der Waals surface area contributed by atoms with Gasteiger partial charge in [0.1, 0.15) is 5.76 Å². The van der Waals surface area contributed by atoms with Gasteiger partial charge in [-0.15, -0.1) is 0 Å². The van der Waals surface area contributed by atoms with Crippen LogP contribution in [0.25, 0.3) is 11.0 Å². The van der Waals surface area contributed by atoms with Crippen molar-refractivity contribution in [3.63, 3.8) is 0 Å². The maximum absolute atomic E-state index is 14.5. The lowest BCUT2D eigenvalue weighted by molar-refractivity contribution is 0.00578. The van der Waals surface area contributed by atoms with Crippen molar-refractivity contribution < 1.29 is 32.4 Å². The van der Waals surface area contributed by atoms with Gasteiger partial charge in [-0.05, 0) is 39.8 Å². The predicted molar refractivity (Wildman–Crippen MR) is 86.7 cm³/mol. The van der Waals surface area contributed by atoms with Crippen molar-refractivity contribution in [1.29, 1.82) is 0 Å². The standard InChI is InChI=1S/C16H18BF2NO5/c1-15(2)16(3,4)25-17(24-15)10-6-8-5-9(7-20-14(21)22)23-13(8)12(19)11(10)18/h5-6,20H,7H2,1-4H3,(H,21,22). The lowest BCUT2D eigenvalue weighted by Crippen LogP contribution is -2.41. The number of hydrogen-bond donors (Lipinski definition) is 2. The molecule has 2 heterocycles. The second-order valence-electron chi connectivity index (χ2n) is 6.97. The molecule has 3 rings (SSSR count). The van der Waals surface area contributed by atoms with Gasteiger partial charge in [-0.3, -0.25) is 0 Å². The van der Waals surface area contributed by atoms with Gasteiger partial charge in [-0.2, -0.15) is 4.39 Å². The SMILES string of the molecule is CC1(C)OB(c2cc3cc(CNC(=O)O)oc3c(F)c2F)OC1(C)C. The molecule has 1 saturated heterocycles. The first-order valence-electron chi connectivity index (χ1n) is 7.74. The molecule has 9 heteroatoms. The molecule has 6 nitrogen and oxygen atoms in total. The van der Waals surface area contributed by atoms with Crippen LogP contribution in [0.1, 0.15) is 33.5 Å². The molecule has 2 aromatic rings. The number of benzene rings is 1. The van der Waals surface area contributed by atoms with Gasteiger partial charge in [0.05, 0.1) is 17.7 Å². The average Bonchev–Trinajstić information content (AvgIpc) is 2.99. The summed E-state index contributed by atoms with van der Waals surface area (Å²) in [5.41, 5.74) is -1.73. The summed E-state index contributed by atoms with van der Waals surface area (Å²) in [5, 5.41) is 11.0. The normalized spacial score (nSPS) is 18.7. The van der Waals surface area contributed by atoms with Gasteiger partial charge < -0.3 is 24.1 Å². The van der Waals surface area contributed by atoms with E-state index in [2.05, 4.69) is 5.32 Å². The molecule has 0 aliphatic carbocycles. The molecule has 1 aromatic carbocycles. The van der Waals surface area contributed by atoms with Crippen LogP contribution in [-0.2, 0) is 15.9 Å². The van der Waals surface area contributed by atoms with Crippen LogP contribution in [0.3, 0.4) is 0 Å². The van der Waals surface area contributed by atoms with Crippen molar-refractivity contribution >= 4 is 29.6 Å². The number of fused-ring (bicyclic) bond motifs is 1. The third-order valence-corrected chi connectivity index (χ3v) is 4.69. The van der Waals surface area contributed by atoms with Crippen molar-refractivity contribution in [2.24, 2.45) is 0 Å². The van der Waals surface area contributed by atoms with Crippen LogP contribution in [0, 0.1) is 11.6 Å². The Morgan fingerprint density at radius 1 is 1.16 bits per heavy atom. The number of rotatable bonds is 3. The van der Waals surface area contributed by atoms with E-state index in [1.165, 1.54) is 12.1 Å². The first-order valence-corrected chi connectivity index (χ1v) is 7.74. The Bertz CT molecular complexity index is 833. The molecule has 2 N–H and O–H groups in total. The monoisotopic (exact) mass is 353 g/mol. The van der Waals surface area contributed by atoms with Crippen LogP contribution in [0.15, 0.2) is 16.5 Å². The summed E-state index contributed by atoms with van der Waals surface area (Å²) in [6, 6.07) is 2.84. The Kier molecular flexibility index (Phi) is 4.04. The highest BCUT2D eigenvalue weighted by Gasteiger charge is 2.52. The molecule has 0 radical (unpaired) electrons. The van der Waals surface area contributed by atoms with Crippen molar-refractivity contribution in [2.45, 2.75) is 45.4 Å². The molecule has 0 bridgehead atoms. The Labute approximate surface area is 143 Å². The summed E-state index contributed by atoms with van der Waals surface area (Å²) in [4.78, 5) is 10.5. The molecule has 1 aliphatic heterocycles. The van der Waals surface area contributed by atoms with E-state index in [1.54, 1.807) is 0 Å². The number of nitrogens with one attached hydrogen (secondary N) is 1. The Hall–Kier alpha value is -2.13. The molecule has 0 atom stereocenters. The van der Waals surface area contributed by atoms with Crippen LogP contribution in [-0.4, -0.2) is 29.5 Å².